The fourth-order valence-corrected chi connectivity index (χ4v) is 5.07. The number of imidazole rings is 1. The molecule has 1 saturated heterocycles. The van der Waals surface area contributed by atoms with Crippen LogP contribution in [-0.2, 0) is 9.53 Å². The Morgan fingerprint density at radius 1 is 1.30 bits per heavy atom. The number of H-pyrrole nitrogens is 1. The summed E-state index contributed by atoms with van der Waals surface area (Å²) in [6.45, 7) is 5.28. The number of carbonyl (C=O) groups is 2. The zero-order chi connectivity index (χ0) is 23.7. The second-order valence-electron chi connectivity index (χ2n) is 8.04. The van der Waals surface area contributed by atoms with E-state index in [0.29, 0.717) is 12.0 Å². The van der Waals surface area contributed by atoms with Gasteiger partial charge in [-0.25, -0.2) is 14.2 Å². The number of aromatic amines is 1. The summed E-state index contributed by atoms with van der Waals surface area (Å²) < 4.78 is 22.5. The number of ether oxygens (including phenoxy) is 1. The van der Waals surface area contributed by atoms with E-state index in [2.05, 4.69) is 20.3 Å². The summed E-state index contributed by atoms with van der Waals surface area (Å²) >= 11 is 1.30. The molecular weight excluding hydrogens is 449 g/mol. The van der Waals surface area contributed by atoms with E-state index in [1.54, 1.807) is 44.2 Å². The van der Waals surface area contributed by atoms with Gasteiger partial charge < -0.3 is 4.74 Å². The van der Waals surface area contributed by atoms with Gasteiger partial charge in [0.2, 0.25) is 11.9 Å². The Bertz CT molecular complexity index is 1230. The summed E-state index contributed by atoms with van der Waals surface area (Å²) in [5, 5.41) is 1.46. The fourth-order valence-electron chi connectivity index (χ4n) is 3.57. The molecule has 11 heteroatoms. The maximum Gasteiger partial charge on any atom is 0.338 e. The Balaban J connectivity index is 1.71. The third-order valence-electron chi connectivity index (χ3n) is 5.39. The van der Waals surface area contributed by atoms with Crippen molar-refractivity contribution >= 4 is 40.8 Å². The lowest BCUT2D eigenvalue weighted by atomic mass is 10.1. The van der Waals surface area contributed by atoms with Crippen LogP contribution in [0.25, 0.3) is 11.2 Å². The van der Waals surface area contributed by atoms with Crippen LogP contribution in [0.2, 0.25) is 0 Å². The highest BCUT2D eigenvalue weighted by molar-refractivity contribution is 8.00. The average Bonchev–Trinajstić information content (AvgIpc) is 3.35. The third kappa shape index (κ3) is 4.50. The van der Waals surface area contributed by atoms with Gasteiger partial charge in [0.25, 0.3) is 5.56 Å². The number of hydrogen-bond donors (Lipinski definition) is 2. The predicted octanol–water partition coefficient (Wildman–Crippen LogP) is 3.30. The summed E-state index contributed by atoms with van der Waals surface area (Å²) in [7, 11) is 0. The van der Waals surface area contributed by atoms with Gasteiger partial charge in [-0.05, 0) is 18.6 Å². The second-order valence-corrected chi connectivity index (χ2v) is 9.40. The minimum absolute atomic E-state index is 0.0300. The van der Waals surface area contributed by atoms with Crippen molar-refractivity contribution in [3.05, 3.63) is 52.6 Å². The van der Waals surface area contributed by atoms with E-state index in [4.69, 9.17) is 4.74 Å². The molecule has 2 aromatic heterocycles. The Morgan fingerprint density at radius 3 is 2.70 bits per heavy atom. The van der Waals surface area contributed by atoms with Gasteiger partial charge in [-0.1, -0.05) is 39.0 Å². The lowest BCUT2D eigenvalue weighted by Gasteiger charge is -2.22. The van der Waals surface area contributed by atoms with Crippen LogP contribution in [0.4, 0.5) is 10.3 Å². The van der Waals surface area contributed by atoms with Crippen LogP contribution < -0.4 is 10.9 Å². The number of halogens is 1. The number of esters is 1. The molecule has 2 N–H and O–H groups in total. The number of anilines is 1. The van der Waals surface area contributed by atoms with E-state index < -0.39 is 34.4 Å². The van der Waals surface area contributed by atoms with E-state index in [0.717, 1.165) is 0 Å². The van der Waals surface area contributed by atoms with Gasteiger partial charge in [-0.15, -0.1) is 11.8 Å². The maximum atomic E-state index is 15.3. The molecule has 33 heavy (non-hydrogen) atoms. The molecule has 0 bridgehead atoms. The van der Waals surface area contributed by atoms with Crippen molar-refractivity contribution in [1.82, 2.24) is 19.5 Å². The van der Waals surface area contributed by atoms with Crippen LogP contribution in [0.5, 0.6) is 0 Å². The molecule has 0 saturated carbocycles. The number of aromatic nitrogens is 4. The molecule has 0 aliphatic carbocycles. The number of amides is 1. The minimum Gasteiger partial charge on any atom is -0.452 e. The van der Waals surface area contributed by atoms with Crippen molar-refractivity contribution in [2.24, 2.45) is 5.92 Å². The van der Waals surface area contributed by atoms with Crippen LogP contribution in [0.15, 0.2) is 41.5 Å². The van der Waals surface area contributed by atoms with Crippen molar-refractivity contribution < 1.29 is 18.7 Å². The third-order valence-corrected chi connectivity index (χ3v) is 7.11. The van der Waals surface area contributed by atoms with Crippen molar-refractivity contribution in [1.29, 1.82) is 0 Å². The number of nitrogens with zero attached hydrogens (tertiary/aromatic N) is 3. The molecule has 1 fully saturated rings. The predicted molar refractivity (Wildman–Crippen MR) is 123 cm³/mol. The first-order valence-electron chi connectivity index (χ1n) is 10.6. The average molecular weight is 474 g/mol. The Kier molecular flexibility index (Phi) is 6.50. The molecule has 1 aliphatic heterocycles. The Labute approximate surface area is 193 Å². The fraction of sp³-hybridized carbons (Fsp3) is 0.409. The van der Waals surface area contributed by atoms with Crippen LogP contribution in [0.3, 0.4) is 0 Å². The highest BCUT2D eigenvalue weighted by atomic mass is 32.2. The van der Waals surface area contributed by atoms with E-state index in [1.807, 2.05) is 6.92 Å². The molecule has 4 rings (SSSR count). The molecule has 174 valence electrons. The topological polar surface area (TPSA) is 119 Å². The quantitative estimate of drug-likeness (QED) is 0.527. The standard InChI is InChI=1S/C22H24FN5O4S/c1-4-13-14(23)16(32-21(31)12-8-6-5-7-9-12)20(33-13)28-10-24-15-17(28)25-22(27-19(15)30)26-18(29)11(2)3/h5-11,13-14,16,20H,4H2,1-3H3,(H2,25,26,27,29,30)/t13-,14+,16?,20-/m1/s1. The monoisotopic (exact) mass is 473 g/mol. The zero-order valence-corrected chi connectivity index (χ0v) is 19.1. The maximum absolute atomic E-state index is 15.3. The second kappa shape index (κ2) is 9.34. The van der Waals surface area contributed by atoms with Crippen molar-refractivity contribution in [2.45, 2.75) is 50.1 Å². The minimum atomic E-state index is -1.42. The van der Waals surface area contributed by atoms with E-state index in [1.165, 1.54) is 22.7 Å². The molecule has 1 aliphatic rings. The van der Waals surface area contributed by atoms with E-state index in [-0.39, 0.29) is 28.9 Å². The number of rotatable bonds is 6. The Hall–Kier alpha value is -3.21. The van der Waals surface area contributed by atoms with Gasteiger partial charge in [0.1, 0.15) is 5.37 Å². The van der Waals surface area contributed by atoms with Crippen LogP contribution in [0.1, 0.15) is 42.9 Å². The van der Waals surface area contributed by atoms with Crippen molar-refractivity contribution in [3.8, 4) is 0 Å². The first kappa shape index (κ1) is 23.0. The highest BCUT2D eigenvalue weighted by Crippen LogP contribution is 2.47. The normalized spacial score (nSPS) is 22.6. The van der Waals surface area contributed by atoms with Crippen molar-refractivity contribution in [2.75, 3.05) is 5.32 Å². The molecule has 0 radical (unpaired) electrons. The van der Waals surface area contributed by atoms with Gasteiger partial charge in [0.05, 0.1) is 11.9 Å². The summed E-state index contributed by atoms with van der Waals surface area (Å²) in [6, 6.07) is 8.37. The highest BCUT2D eigenvalue weighted by Gasteiger charge is 2.48. The molecule has 0 spiro atoms. The lowest BCUT2D eigenvalue weighted by Crippen LogP contribution is -2.33. The first-order chi connectivity index (χ1) is 15.8. The van der Waals surface area contributed by atoms with Gasteiger partial charge in [-0.2, -0.15) is 4.98 Å². The molecule has 1 amide bonds. The molecule has 1 aromatic carbocycles. The molecular formula is C22H24FN5O4S. The summed E-state index contributed by atoms with van der Waals surface area (Å²) in [4.78, 5) is 48.2. The summed E-state index contributed by atoms with van der Waals surface area (Å²) in [5.74, 6) is -1.30. The molecule has 3 heterocycles. The largest absolute Gasteiger partial charge is 0.452 e. The lowest BCUT2D eigenvalue weighted by molar-refractivity contribution is -0.118. The number of fused-ring (bicyclic) bond motifs is 1. The van der Waals surface area contributed by atoms with E-state index in [9.17, 15) is 14.4 Å². The number of nitrogens with one attached hydrogen (secondary N) is 2. The van der Waals surface area contributed by atoms with Gasteiger partial charge >= 0.3 is 5.97 Å². The van der Waals surface area contributed by atoms with Crippen LogP contribution in [-0.4, -0.2) is 48.9 Å². The van der Waals surface area contributed by atoms with Crippen molar-refractivity contribution in [3.63, 3.8) is 0 Å². The van der Waals surface area contributed by atoms with Gasteiger partial charge in [-0.3, -0.25) is 24.5 Å². The number of alkyl halides is 1. The number of carbonyl (C=O) groups excluding carboxylic acids is 2. The van der Waals surface area contributed by atoms with Crippen LogP contribution >= 0.6 is 11.8 Å². The SMILES string of the molecule is CC[C@H]1S[C@@H](n2cnc3c(=O)[nH]c(NC(=O)C(C)C)nc32)C(OC(=O)c2ccccc2)[C@H]1F. The number of hydrogen-bond acceptors (Lipinski definition) is 7. The molecule has 1 unspecified atom stereocenters. The molecule has 9 nitrogen and oxygen atoms in total. The summed E-state index contributed by atoms with van der Waals surface area (Å²) in [5.41, 5.74) is -0.0127. The Morgan fingerprint density at radius 2 is 2.03 bits per heavy atom. The smallest absolute Gasteiger partial charge is 0.338 e. The van der Waals surface area contributed by atoms with Crippen LogP contribution in [0, 0.1) is 5.92 Å². The first-order valence-corrected chi connectivity index (χ1v) is 11.6. The molecule has 3 aromatic rings. The van der Waals surface area contributed by atoms with Gasteiger partial charge in [0, 0.05) is 11.2 Å². The van der Waals surface area contributed by atoms with Gasteiger partial charge in [0.15, 0.2) is 23.4 Å². The number of benzene rings is 1. The summed E-state index contributed by atoms with van der Waals surface area (Å²) in [6.07, 6.45) is -0.623. The zero-order valence-electron chi connectivity index (χ0n) is 18.3. The molecule has 4 atom stereocenters. The number of thioether (sulfide) groups is 1. The van der Waals surface area contributed by atoms with E-state index >= 15 is 4.39 Å².